The molecule has 2 nitrogen and oxygen atoms in total. The Labute approximate surface area is 101 Å². The summed E-state index contributed by atoms with van der Waals surface area (Å²) in [4.78, 5) is 4.26. The topological polar surface area (TPSA) is 33.1 Å². The zero-order valence-electron chi connectivity index (χ0n) is 10.0. The van der Waals surface area contributed by atoms with Crippen LogP contribution in [-0.2, 0) is 0 Å². The van der Waals surface area contributed by atoms with Gasteiger partial charge in [-0.05, 0) is 37.6 Å². The molecule has 0 aliphatic heterocycles. The minimum absolute atomic E-state index is 0.216. The van der Waals surface area contributed by atoms with E-state index in [9.17, 15) is 5.11 Å². The Kier molecular flexibility index (Phi) is 4.13. The summed E-state index contributed by atoms with van der Waals surface area (Å²) in [5.41, 5.74) is 2.20. The first-order chi connectivity index (χ1) is 7.59. The number of phenolic OH excluding ortho intramolecular Hbond substituents is 1. The van der Waals surface area contributed by atoms with Gasteiger partial charge in [0.25, 0.3) is 0 Å². The first kappa shape index (κ1) is 12.8. The Balaban J connectivity index is 0.000000606. The van der Waals surface area contributed by atoms with Crippen LogP contribution in [0, 0.1) is 13.8 Å². The number of halogens is 1. The molecule has 16 heavy (non-hydrogen) atoms. The van der Waals surface area contributed by atoms with Crippen LogP contribution in [0.1, 0.15) is 25.1 Å². The second kappa shape index (κ2) is 5.17. The highest BCUT2D eigenvalue weighted by Crippen LogP contribution is 2.32. The minimum atomic E-state index is 0.216. The van der Waals surface area contributed by atoms with Crippen molar-refractivity contribution in [1.82, 2.24) is 4.98 Å². The van der Waals surface area contributed by atoms with Gasteiger partial charge in [0.1, 0.15) is 11.3 Å². The fourth-order valence-electron chi connectivity index (χ4n) is 1.45. The van der Waals surface area contributed by atoms with E-state index < -0.39 is 0 Å². The van der Waals surface area contributed by atoms with Gasteiger partial charge in [0.2, 0.25) is 0 Å². The molecule has 0 atom stereocenters. The van der Waals surface area contributed by atoms with E-state index in [1.54, 1.807) is 6.07 Å². The third-order valence-corrected chi connectivity index (χ3v) is 2.55. The lowest BCUT2D eigenvalue weighted by Crippen LogP contribution is -1.86. The Morgan fingerprint density at radius 2 is 1.81 bits per heavy atom. The normalized spacial score (nSPS) is 9.81. The summed E-state index contributed by atoms with van der Waals surface area (Å²) in [5, 5.41) is 11.2. The highest BCUT2D eigenvalue weighted by Gasteiger charge is 2.08. The van der Waals surface area contributed by atoms with Gasteiger partial charge >= 0.3 is 0 Å². The second-order valence-electron chi connectivity index (χ2n) is 3.37. The molecule has 1 heterocycles. The van der Waals surface area contributed by atoms with Crippen molar-refractivity contribution < 1.29 is 5.11 Å². The molecule has 0 spiro atoms. The van der Waals surface area contributed by atoms with Crippen LogP contribution in [0.3, 0.4) is 0 Å². The van der Waals surface area contributed by atoms with E-state index in [0.717, 1.165) is 16.6 Å². The third kappa shape index (κ3) is 2.27. The number of aromatic nitrogens is 1. The van der Waals surface area contributed by atoms with E-state index in [0.29, 0.717) is 10.5 Å². The number of rotatable bonds is 0. The van der Waals surface area contributed by atoms with Crippen molar-refractivity contribution in [2.24, 2.45) is 0 Å². The molecule has 0 saturated heterocycles. The molecule has 0 saturated carbocycles. The number of hydrogen-bond donors (Lipinski definition) is 1. The highest BCUT2D eigenvalue weighted by molar-refractivity contribution is 6.35. The van der Waals surface area contributed by atoms with E-state index in [1.165, 1.54) is 0 Å². The molecule has 1 N–H and O–H groups in total. The number of nitrogens with zero attached hydrogens (tertiary/aromatic N) is 1. The summed E-state index contributed by atoms with van der Waals surface area (Å²) in [6.07, 6.45) is 0. The second-order valence-corrected chi connectivity index (χ2v) is 3.78. The lowest BCUT2D eigenvalue weighted by Gasteiger charge is -2.06. The lowest BCUT2D eigenvalue weighted by molar-refractivity contribution is 0.476. The number of aromatic hydroxyl groups is 1. The molecule has 3 heteroatoms. The van der Waals surface area contributed by atoms with Crippen molar-refractivity contribution in [3.8, 4) is 5.75 Å². The number of pyridine rings is 1. The number of benzene rings is 1. The standard InChI is InChI=1S/C11H10ClNO.C2H6/c1-6-5-9(12)8-4-3-7(2)13-10(8)11(6)14;1-2/h3-5,14H,1-2H3;1-2H3. The van der Waals surface area contributed by atoms with Gasteiger partial charge in [-0.3, -0.25) is 0 Å². The molecule has 0 aliphatic rings. The number of phenols is 1. The molecule has 0 bridgehead atoms. The van der Waals surface area contributed by atoms with Crippen molar-refractivity contribution in [3.63, 3.8) is 0 Å². The van der Waals surface area contributed by atoms with Crippen LogP contribution in [-0.4, -0.2) is 10.1 Å². The van der Waals surface area contributed by atoms with Gasteiger partial charge < -0.3 is 5.11 Å². The average molecular weight is 238 g/mol. The number of hydrogen-bond acceptors (Lipinski definition) is 2. The maximum atomic E-state index is 9.79. The molecule has 0 fully saturated rings. The Hall–Kier alpha value is -1.28. The van der Waals surface area contributed by atoms with Crippen molar-refractivity contribution in [2.45, 2.75) is 27.7 Å². The summed E-state index contributed by atoms with van der Waals surface area (Å²) in [6, 6.07) is 5.50. The van der Waals surface area contributed by atoms with E-state index in [2.05, 4.69) is 4.98 Å². The fraction of sp³-hybridized carbons (Fsp3) is 0.308. The molecular formula is C13H16ClNO. The fourth-order valence-corrected chi connectivity index (χ4v) is 1.77. The molecular weight excluding hydrogens is 222 g/mol. The summed E-state index contributed by atoms with van der Waals surface area (Å²) in [5.74, 6) is 0.216. The smallest absolute Gasteiger partial charge is 0.144 e. The van der Waals surface area contributed by atoms with Gasteiger partial charge in [-0.1, -0.05) is 25.4 Å². The van der Waals surface area contributed by atoms with Gasteiger partial charge in [0, 0.05) is 11.1 Å². The molecule has 0 radical (unpaired) electrons. The number of fused-ring (bicyclic) bond motifs is 1. The summed E-state index contributed by atoms with van der Waals surface area (Å²) < 4.78 is 0. The van der Waals surface area contributed by atoms with Gasteiger partial charge in [-0.25, -0.2) is 4.98 Å². The minimum Gasteiger partial charge on any atom is -0.505 e. The van der Waals surface area contributed by atoms with Gasteiger partial charge in [0.05, 0.1) is 5.02 Å². The quantitative estimate of drug-likeness (QED) is 0.744. The van der Waals surface area contributed by atoms with Crippen LogP contribution < -0.4 is 0 Å². The van der Waals surface area contributed by atoms with E-state index in [1.807, 2.05) is 39.8 Å². The average Bonchev–Trinajstić information content (AvgIpc) is 2.28. The summed E-state index contributed by atoms with van der Waals surface area (Å²) in [7, 11) is 0. The molecule has 1 aromatic heterocycles. The van der Waals surface area contributed by atoms with E-state index >= 15 is 0 Å². The summed E-state index contributed by atoms with van der Waals surface area (Å²) in [6.45, 7) is 7.69. The SMILES string of the molecule is CC.Cc1ccc2c(Cl)cc(C)c(O)c2n1. The maximum absolute atomic E-state index is 9.79. The molecule has 0 amide bonds. The zero-order chi connectivity index (χ0) is 12.3. The van der Waals surface area contributed by atoms with Crippen molar-refractivity contribution in [1.29, 1.82) is 0 Å². The molecule has 2 rings (SSSR count). The molecule has 1 aromatic carbocycles. The van der Waals surface area contributed by atoms with E-state index in [-0.39, 0.29) is 5.75 Å². The Bertz CT molecular complexity index is 509. The number of aryl methyl sites for hydroxylation is 2. The first-order valence-corrected chi connectivity index (χ1v) is 5.73. The zero-order valence-corrected chi connectivity index (χ0v) is 10.8. The molecule has 0 unspecified atom stereocenters. The molecule has 86 valence electrons. The van der Waals surface area contributed by atoms with Crippen molar-refractivity contribution in [3.05, 3.63) is 34.5 Å². The van der Waals surface area contributed by atoms with Crippen LogP contribution >= 0.6 is 11.6 Å². The largest absolute Gasteiger partial charge is 0.505 e. The molecule has 0 aliphatic carbocycles. The highest BCUT2D eigenvalue weighted by atomic mass is 35.5. The van der Waals surface area contributed by atoms with Crippen molar-refractivity contribution in [2.75, 3.05) is 0 Å². The predicted octanol–water partition coefficient (Wildman–Crippen LogP) is 4.24. The first-order valence-electron chi connectivity index (χ1n) is 5.35. The molecule has 2 aromatic rings. The monoisotopic (exact) mass is 237 g/mol. The third-order valence-electron chi connectivity index (χ3n) is 2.23. The van der Waals surface area contributed by atoms with Crippen LogP contribution in [0.15, 0.2) is 18.2 Å². The van der Waals surface area contributed by atoms with E-state index in [4.69, 9.17) is 11.6 Å². The van der Waals surface area contributed by atoms with Crippen LogP contribution in [0.5, 0.6) is 5.75 Å². The van der Waals surface area contributed by atoms with Gasteiger partial charge in [-0.15, -0.1) is 0 Å². The summed E-state index contributed by atoms with van der Waals surface area (Å²) >= 11 is 6.04. The van der Waals surface area contributed by atoms with Crippen LogP contribution in [0.2, 0.25) is 5.02 Å². The lowest BCUT2D eigenvalue weighted by atomic mass is 10.1. The Morgan fingerprint density at radius 3 is 2.44 bits per heavy atom. The van der Waals surface area contributed by atoms with Gasteiger partial charge in [0.15, 0.2) is 0 Å². The predicted molar refractivity (Wildman–Crippen MR) is 69.2 cm³/mol. The van der Waals surface area contributed by atoms with Crippen LogP contribution in [0.4, 0.5) is 0 Å². The maximum Gasteiger partial charge on any atom is 0.144 e. The Morgan fingerprint density at radius 1 is 1.19 bits per heavy atom. The van der Waals surface area contributed by atoms with Crippen LogP contribution in [0.25, 0.3) is 10.9 Å². The van der Waals surface area contributed by atoms with Crippen molar-refractivity contribution >= 4 is 22.5 Å². The van der Waals surface area contributed by atoms with Gasteiger partial charge in [-0.2, -0.15) is 0 Å².